The standard InChI is InChI=1S/C14H13NO3/c16-12(13(17)18)14(6-7-14)10-5-8-15-11-4-2-1-3-9(10)11/h1-5,8,12,16H,6-7H2,(H,17,18). The maximum atomic E-state index is 11.0. The van der Waals surface area contributed by atoms with Crippen molar-refractivity contribution in [3.63, 3.8) is 0 Å². The van der Waals surface area contributed by atoms with E-state index in [1.807, 2.05) is 30.3 Å². The van der Waals surface area contributed by atoms with Crippen molar-refractivity contribution in [2.24, 2.45) is 0 Å². The van der Waals surface area contributed by atoms with Gasteiger partial charge in [0.1, 0.15) is 0 Å². The molecule has 1 fully saturated rings. The molecule has 1 unspecified atom stereocenters. The molecule has 0 saturated heterocycles. The Morgan fingerprint density at radius 1 is 1.28 bits per heavy atom. The highest BCUT2D eigenvalue weighted by Gasteiger charge is 2.54. The Balaban J connectivity index is 2.18. The Labute approximate surface area is 104 Å². The van der Waals surface area contributed by atoms with Crippen molar-refractivity contribution >= 4 is 16.9 Å². The number of carboxylic acid groups (broad SMARTS) is 1. The minimum atomic E-state index is -1.34. The minimum Gasteiger partial charge on any atom is -0.479 e. The third-order valence-corrected chi connectivity index (χ3v) is 3.73. The Morgan fingerprint density at radius 2 is 2.00 bits per heavy atom. The monoisotopic (exact) mass is 243 g/mol. The van der Waals surface area contributed by atoms with Gasteiger partial charge in [-0.1, -0.05) is 18.2 Å². The zero-order valence-electron chi connectivity index (χ0n) is 9.71. The number of carbonyl (C=O) groups is 1. The van der Waals surface area contributed by atoms with Gasteiger partial charge < -0.3 is 10.2 Å². The van der Waals surface area contributed by atoms with Crippen LogP contribution in [0.25, 0.3) is 10.9 Å². The summed E-state index contributed by atoms with van der Waals surface area (Å²) in [6.45, 7) is 0. The molecule has 1 aliphatic rings. The van der Waals surface area contributed by atoms with E-state index in [1.165, 1.54) is 0 Å². The summed E-state index contributed by atoms with van der Waals surface area (Å²) in [7, 11) is 0. The van der Waals surface area contributed by atoms with Gasteiger partial charge in [0, 0.05) is 17.0 Å². The van der Waals surface area contributed by atoms with Crippen LogP contribution in [0, 0.1) is 0 Å². The second kappa shape index (κ2) is 3.78. The number of aliphatic carboxylic acids is 1. The molecule has 0 aliphatic heterocycles. The van der Waals surface area contributed by atoms with Crippen LogP contribution < -0.4 is 0 Å². The fourth-order valence-corrected chi connectivity index (χ4v) is 2.59. The molecule has 92 valence electrons. The van der Waals surface area contributed by atoms with Gasteiger partial charge in [0.2, 0.25) is 0 Å². The predicted octanol–water partition coefficient (Wildman–Crippen LogP) is 1.71. The second-order valence-electron chi connectivity index (χ2n) is 4.77. The van der Waals surface area contributed by atoms with Crippen LogP contribution in [0.3, 0.4) is 0 Å². The summed E-state index contributed by atoms with van der Waals surface area (Å²) >= 11 is 0. The predicted molar refractivity (Wildman–Crippen MR) is 66.3 cm³/mol. The molecule has 1 atom stereocenters. The number of para-hydroxylation sites is 1. The Hall–Kier alpha value is -1.94. The van der Waals surface area contributed by atoms with Crippen LogP contribution in [0.1, 0.15) is 18.4 Å². The van der Waals surface area contributed by atoms with Gasteiger partial charge in [-0.3, -0.25) is 4.98 Å². The number of hydrogen-bond donors (Lipinski definition) is 2. The molecule has 18 heavy (non-hydrogen) atoms. The smallest absolute Gasteiger partial charge is 0.333 e. The first-order valence-corrected chi connectivity index (χ1v) is 5.90. The van der Waals surface area contributed by atoms with E-state index in [-0.39, 0.29) is 0 Å². The normalized spacial score (nSPS) is 18.5. The van der Waals surface area contributed by atoms with Gasteiger partial charge in [-0.25, -0.2) is 4.79 Å². The molecule has 4 heteroatoms. The van der Waals surface area contributed by atoms with Crippen LogP contribution in [0.15, 0.2) is 36.5 Å². The number of pyridine rings is 1. The summed E-state index contributed by atoms with van der Waals surface area (Å²) < 4.78 is 0. The SMILES string of the molecule is O=C(O)C(O)C1(c2ccnc3ccccc23)CC1. The number of aliphatic hydroxyl groups excluding tert-OH is 1. The first-order chi connectivity index (χ1) is 8.65. The zero-order chi connectivity index (χ0) is 12.8. The van der Waals surface area contributed by atoms with Crippen molar-refractivity contribution in [1.29, 1.82) is 0 Å². The highest BCUT2D eigenvalue weighted by atomic mass is 16.4. The van der Waals surface area contributed by atoms with Crippen molar-refractivity contribution in [3.05, 3.63) is 42.1 Å². The topological polar surface area (TPSA) is 70.4 Å². The van der Waals surface area contributed by atoms with Crippen LogP contribution in [-0.4, -0.2) is 27.3 Å². The van der Waals surface area contributed by atoms with Crippen molar-refractivity contribution in [2.75, 3.05) is 0 Å². The maximum Gasteiger partial charge on any atom is 0.333 e. The quantitative estimate of drug-likeness (QED) is 0.861. The number of aliphatic hydroxyl groups is 1. The largest absolute Gasteiger partial charge is 0.479 e. The van der Waals surface area contributed by atoms with Gasteiger partial charge in [0.25, 0.3) is 0 Å². The number of hydrogen-bond acceptors (Lipinski definition) is 3. The van der Waals surface area contributed by atoms with Gasteiger partial charge in [-0.05, 0) is 30.5 Å². The van der Waals surface area contributed by atoms with E-state index in [0.717, 1.165) is 16.5 Å². The lowest BCUT2D eigenvalue weighted by atomic mass is 9.87. The molecule has 0 amide bonds. The second-order valence-corrected chi connectivity index (χ2v) is 4.77. The summed E-state index contributed by atoms with van der Waals surface area (Å²) in [6, 6.07) is 9.43. The number of fused-ring (bicyclic) bond motifs is 1. The summed E-state index contributed by atoms with van der Waals surface area (Å²) in [5.41, 5.74) is 1.09. The van der Waals surface area contributed by atoms with Gasteiger partial charge >= 0.3 is 5.97 Å². The molecule has 4 nitrogen and oxygen atoms in total. The summed E-state index contributed by atoms with van der Waals surface area (Å²) in [4.78, 5) is 15.3. The highest BCUT2D eigenvalue weighted by Crippen LogP contribution is 2.52. The van der Waals surface area contributed by atoms with Crippen LogP contribution in [0.4, 0.5) is 0 Å². The average molecular weight is 243 g/mol. The molecule has 0 radical (unpaired) electrons. The molecule has 1 aliphatic carbocycles. The van der Waals surface area contributed by atoms with E-state index in [2.05, 4.69) is 4.98 Å². The number of nitrogens with zero attached hydrogens (tertiary/aromatic N) is 1. The Kier molecular flexibility index (Phi) is 2.35. The minimum absolute atomic E-state index is 0.631. The van der Waals surface area contributed by atoms with Crippen molar-refractivity contribution in [3.8, 4) is 0 Å². The maximum absolute atomic E-state index is 11.0. The summed E-state index contributed by atoms with van der Waals surface area (Å²) in [5.74, 6) is -1.16. The van der Waals surface area contributed by atoms with Gasteiger partial charge in [0.05, 0.1) is 5.52 Å². The number of carboxylic acids is 1. The number of rotatable bonds is 3. The van der Waals surface area contributed by atoms with E-state index in [1.54, 1.807) is 6.20 Å². The van der Waals surface area contributed by atoms with E-state index in [0.29, 0.717) is 12.8 Å². The molecule has 0 bridgehead atoms. The fourth-order valence-electron chi connectivity index (χ4n) is 2.59. The average Bonchev–Trinajstić information content (AvgIpc) is 3.18. The molecule has 1 aromatic heterocycles. The molecule has 2 N–H and O–H groups in total. The Morgan fingerprint density at radius 3 is 2.67 bits per heavy atom. The molecule has 2 aromatic rings. The number of benzene rings is 1. The molecular formula is C14H13NO3. The first kappa shape index (κ1) is 11.2. The van der Waals surface area contributed by atoms with Crippen molar-refractivity contribution in [2.45, 2.75) is 24.4 Å². The lowest BCUT2D eigenvalue weighted by Gasteiger charge is -2.20. The molecule has 1 aromatic carbocycles. The highest BCUT2D eigenvalue weighted by molar-refractivity contribution is 5.86. The molecular weight excluding hydrogens is 230 g/mol. The molecule has 3 rings (SSSR count). The van der Waals surface area contributed by atoms with Crippen molar-refractivity contribution < 1.29 is 15.0 Å². The first-order valence-electron chi connectivity index (χ1n) is 5.90. The molecule has 0 spiro atoms. The van der Waals surface area contributed by atoms with E-state index < -0.39 is 17.5 Å². The zero-order valence-corrected chi connectivity index (χ0v) is 9.71. The fraction of sp³-hybridized carbons (Fsp3) is 0.286. The van der Waals surface area contributed by atoms with Crippen LogP contribution in [0.2, 0.25) is 0 Å². The van der Waals surface area contributed by atoms with E-state index >= 15 is 0 Å². The summed E-state index contributed by atoms with van der Waals surface area (Å²) in [5, 5.41) is 19.9. The Bertz CT molecular complexity index is 614. The van der Waals surface area contributed by atoms with Crippen LogP contribution in [-0.2, 0) is 10.2 Å². The van der Waals surface area contributed by atoms with Crippen molar-refractivity contribution in [1.82, 2.24) is 4.98 Å². The number of aromatic nitrogens is 1. The van der Waals surface area contributed by atoms with E-state index in [4.69, 9.17) is 5.11 Å². The van der Waals surface area contributed by atoms with Crippen LogP contribution in [0.5, 0.6) is 0 Å². The lowest BCUT2D eigenvalue weighted by Crippen LogP contribution is -2.34. The third-order valence-electron chi connectivity index (χ3n) is 3.73. The molecule has 1 heterocycles. The van der Waals surface area contributed by atoms with Crippen LogP contribution >= 0.6 is 0 Å². The molecule has 1 saturated carbocycles. The van der Waals surface area contributed by atoms with Gasteiger partial charge in [-0.15, -0.1) is 0 Å². The van der Waals surface area contributed by atoms with Gasteiger partial charge in [0.15, 0.2) is 6.10 Å². The third kappa shape index (κ3) is 1.49. The lowest BCUT2D eigenvalue weighted by molar-refractivity contribution is -0.148. The summed E-state index contributed by atoms with van der Waals surface area (Å²) in [6.07, 6.45) is 1.73. The van der Waals surface area contributed by atoms with Gasteiger partial charge in [-0.2, -0.15) is 0 Å². The van der Waals surface area contributed by atoms with E-state index in [9.17, 15) is 9.90 Å².